The third-order valence-electron chi connectivity index (χ3n) is 3.71. The molecule has 1 aromatic carbocycles. The highest BCUT2D eigenvalue weighted by molar-refractivity contribution is 6.43. The summed E-state index contributed by atoms with van der Waals surface area (Å²) in [6, 6.07) is 5.09. The fraction of sp³-hybridized carbons (Fsp3) is 0.500. The Bertz CT molecular complexity index is 488. The second-order valence-corrected chi connectivity index (χ2v) is 5.93. The molecule has 6 heteroatoms. The first-order valence-electron chi connectivity index (χ1n) is 6.66. The third kappa shape index (κ3) is 3.64. The quantitative estimate of drug-likeness (QED) is 0.782. The van der Waals surface area contributed by atoms with E-state index < -0.39 is 0 Å². The Balaban J connectivity index is 1.91. The number of aliphatic hydroxyl groups is 1. The van der Waals surface area contributed by atoms with Gasteiger partial charge in [0.2, 0.25) is 5.91 Å². The molecule has 4 nitrogen and oxygen atoms in total. The lowest BCUT2D eigenvalue weighted by Crippen LogP contribution is -2.49. The number of rotatable bonds is 5. The van der Waals surface area contributed by atoms with Crippen LogP contribution in [-0.2, 0) is 4.79 Å². The molecule has 1 aliphatic carbocycles. The molecule has 0 radical (unpaired) electrons. The van der Waals surface area contributed by atoms with Crippen LogP contribution in [0.3, 0.4) is 0 Å². The Morgan fingerprint density at radius 2 is 2.00 bits per heavy atom. The normalized spacial score (nSPS) is 17.1. The number of hydrogen-bond acceptors (Lipinski definition) is 3. The van der Waals surface area contributed by atoms with Crippen LogP contribution in [0.1, 0.15) is 25.7 Å². The van der Waals surface area contributed by atoms with Gasteiger partial charge in [0.15, 0.2) is 0 Å². The van der Waals surface area contributed by atoms with Gasteiger partial charge in [-0.25, -0.2) is 0 Å². The summed E-state index contributed by atoms with van der Waals surface area (Å²) in [7, 11) is 0. The summed E-state index contributed by atoms with van der Waals surface area (Å²) in [6.07, 6.45) is 3.95. The van der Waals surface area contributed by atoms with Crippen LogP contribution in [0.2, 0.25) is 10.0 Å². The monoisotopic (exact) mass is 316 g/mol. The van der Waals surface area contributed by atoms with Gasteiger partial charge in [0.25, 0.3) is 0 Å². The van der Waals surface area contributed by atoms with E-state index in [1.54, 1.807) is 18.2 Å². The second-order valence-electron chi connectivity index (χ2n) is 5.15. The first-order chi connectivity index (χ1) is 9.56. The molecule has 1 aliphatic rings. The molecule has 0 heterocycles. The third-order valence-corrected chi connectivity index (χ3v) is 4.53. The van der Waals surface area contributed by atoms with E-state index in [0.29, 0.717) is 15.7 Å². The Labute approximate surface area is 128 Å². The molecule has 2 rings (SSSR count). The van der Waals surface area contributed by atoms with Crippen molar-refractivity contribution in [1.29, 1.82) is 0 Å². The maximum atomic E-state index is 11.9. The van der Waals surface area contributed by atoms with Crippen LogP contribution in [-0.4, -0.2) is 29.7 Å². The topological polar surface area (TPSA) is 61.4 Å². The standard InChI is InChI=1S/C14H18Cl2N2O2/c15-10-4-3-5-11(13(10)16)18-12(20)8-17-14(9-19)6-1-2-7-14/h3-5,17,19H,1-2,6-9H2,(H,18,20). The largest absolute Gasteiger partial charge is 0.394 e. The van der Waals surface area contributed by atoms with Crippen molar-refractivity contribution in [1.82, 2.24) is 5.32 Å². The average molecular weight is 317 g/mol. The van der Waals surface area contributed by atoms with Gasteiger partial charge in [0.1, 0.15) is 0 Å². The van der Waals surface area contributed by atoms with Gasteiger partial charge in [-0.15, -0.1) is 0 Å². The molecule has 0 saturated heterocycles. The first-order valence-corrected chi connectivity index (χ1v) is 7.42. The predicted octanol–water partition coefficient (Wildman–Crippen LogP) is 2.83. The lowest BCUT2D eigenvalue weighted by atomic mass is 9.99. The molecule has 1 fully saturated rings. The van der Waals surface area contributed by atoms with Gasteiger partial charge < -0.3 is 15.7 Å². The molecule has 0 spiro atoms. The molecule has 1 amide bonds. The van der Waals surface area contributed by atoms with E-state index in [4.69, 9.17) is 23.2 Å². The molecule has 3 N–H and O–H groups in total. The highest BCUT2D eigenvalue weighted by Crippen LogP contribution is 2.30. The molecule has 110 valence electrons. The Morgan fingerprint density at radius 1 is 1.30 bits per heavy atom. The maximum absolute atomic E-state index is 11.9. The molecular formula is C14H18Cl2N2O2. The summed E-state index contributed by atoms with van der Waals surface area (Å²) >= 11 is 11.9. The minimum atomic E-state index is -0.310. The number of anilines is 1. The SMILES string of the molecule is O=C(CNC1(CO)CCCC1)Nc1cccc(Cl)c1Cl. The van der Waals surface area contributed by atoms with Crippen molar-refractivity contribution in [3.63, 3.8) is 0 Å². The maximum Gasteiger partial charge on any atom is 0.238 e. The number of carbonyl (C=O) groups is 1. The van der Waals surface area contributed by atoms with Gasteiger partial charge >= 0.3 is 0 Å². The van der Waals surface area contributed by atoms with Crippen molar-refractivity contribution in [2.45, 2.75) is 31.2 Å². The Hall–Kier alpha value is -0.810. The minimum Gasteiger partial charge on any atom is -0.394 e. The lowest BCUT2D eigenvalue weighted by Gasteiger charge is -2.27. The summed E-state index contributed by atoms with van der Waals surface area (Å²) in [5, 5.41) is 16.1. The number of halogens is 2. The van der Waals surface area contributed by atoms with Crippen LogP contribution in [0.15, 0.2) is 18.2 Å². The Kier molecular flexibility index (Phi) is 5.27. The molecule has 1 aromatic rings. The van der Waals surface area contributed by atoms with Crippen molar-refractivity contribution in [2.75, 3.05) is 18.5 Å². The van der Waals surface area contributed by atoms with Gasteiger partial charge in [0.05, 0.1) is 28.9 Å². The second kappa shape index (κ2) is 6.76. The highest BCUT2D eigenvalue weighted by atomic mass is 35.5. The van der Waals surface area contributed by atoms with E-state index in [2.05, 4.69) is 10.6 Å². The summed E-state index contributed by atoms with van der Waals surface area (Å²) in [5.41, 5.74) is 0.186. The zero-order valence-electron chi connectivity index (χ0n) is 11.1. The van der Waals surface area contributed by atoms with Crippen LogP contribution in [0.25, 0.3) is 0 Å². The number of amides is 1. The van der Waals surface area contributed by atoms with E-state index in [1.807, 2.05) is 0 Å². The number of carbonyl (C=O) groups excluding carboxylic acids is 1. The fourth-order valence-electron chi connectivity index (χ4n) is 2.51. The zero-order chi connectivity index (χ0) is 14.6. The molecule has 0 bridgehead atoms. The van der Waals surface area contributed by atoms with Gasteiger partial charge in [-0.3, -0.25) is 4.79 Å². The summed E-state index contributed by atoms with van der Waals surface area (Å²) < 4.78 is 0. The average Bonchev–Trinajstić information content (AvgIpc) is 2.91. The van der Waals surface area contributed by atoms with Gasteiger partial charge in [-0.05, 0) is 25.0 Å². The number of hydrogen-bond donors (Lipinski definition) is 3. The zero-order valence-corrected chi connectivity index (χ0v) is 12.6. The summed E-state index contributed by atoms with van der Waals surface area (Å²) in [4.78, 5) is 11.9. The van der Waals surface area contributed by atoms with E-state index in [0.717, 1.165) is 25.7 Å². The van der Waals surface area contributed by atoms with Crippen LogP contribution >= 0.6 is 23.2 Å². The van der Waals surface area contributed by atoms with E-state index >= 15 is 0 Å². The van der Waals surface area contributed by atoms with E-state index in [-0.39, 0.29) is 24.6 Å². The molecular weight excluding hydrogens is 299 g/mol. The van der Waals surface area contributed by atoms with E-state index in [9.17, 15) is 9.90 Å². The number of aliphatic hydroxyl groups excluding tert-OH is 1. The van der Waals surface area contributed by atoms with Crippen molar-refractivity contribution in [3.8, 4) is 0 Å². The summed E-state index contributed by atoms with van der Waals surface area (Å²) in [5.74, 6) is -0.200. The van der Waals surface area contributed by atoms with E-state index in [1.165, 1.54) is 0 Å². The minimum absolute atomic E-state index is 0.0538. The molecule has 0 atom stereocenters. The van der Waals surface area contributed by atoms with Crippen molar-refractivity contribution in [3.05, 3.63) is 28.2 Å². The number of benzene rings is 1. The van der Waals surface area contributed by atoms with Crippen molar-refractivity contribution in [2.24, 2.45) is 0 Å². The molecule has 0 aliphatic heterocycles. The van der Waals surface area contributed by atoms with Crippen LogP contribution in [0.5, 0.6) is 0 Å². The molecule has 0 aromatic heterocycles. The smallest absolute Gasteiger partial charge is 0.238 e. The molecule has 0 unspecified atom stereocenters. The molecule has 20 heavy (non-hydrogen) atoms. The van der Waals surface area contributed by atoms with Gasteiger partial charge in [0, 0.05) is 5.54 Å². The molecule has 1 saturated carbocycles. The van der Waals surface area contributed by atoms with Gasteiger partial charge in [-0.2, -0.15) is 0 Å². The predicted molar refractivity (Wildman–Crippen MR) is 81.4 cm³/mol. The van der Waals surface area contributed by atoms with Gasteiger partial charge in [-0.1, -0.05) is 42.1 Å². The van der Waals surface area contributed by atoms with Crippen molar-refractivity contribution < 1.29 is 9.90 Å². The lowest BCUT2D eigenvalue weighted by molar-refractivity contribution is -0.115. The van der Waals surface area contributed by atoms with Crippen LogP contribution < -0.4 is 10.6 Å². The fourth-order valence-corrected chi connectivity index (χ4v) is 2.85. The first kappa shape index (κ1) is 15.6. The summed E-state index contributed by atoms with van der Waals surface area (Å²) in [6.45, 7) is 0.196. The van der Waals surface area contributed by atoms with Crippen LogP contribution in [0.4, 0.5) is 5.69 Å². The van der Waals surface area contributed by atoms with Crippen LogP contribution in [0, 0.1) is 0 Å². The number of nitrogens with one attached hydrogen (secondary N) is 2. The van der Waals surface area contributed by atoms with Crippen molar-refractivity contribution >= 4 is 34.8 Å². The highest BCUT2D eigenvalue weighted by Gasteiger charge is 2.32. The Morgan fingerprint density at radius 3 is 2.65 bits per heavy atom.